The third-order valence-corrected chi connectivity index (χ3v) is 6.12. The van der Waals surface area contributed by atoms with Gasteiger partial charge < -0.3 is 0 Å². The number of halogens is 3. The fourth-order valence-corrected chi connectivity index (χ4v) is 4.23. The fraction of sp³-hybridized carbons (Fsp3) is 0.368. The first kappa shape index (κ1) is 19.9. The first-order chi connectivity index (χ1) is 12.8. The zero-order chi connectivity index (χ0) is 19.5. The van der Waals surface area contributed by atoms with Crippen molar-refractivity contribution in [2.24, 2.45) is 0 Å². The lowest BCUT2D eigenvalue weighted by molar-refractivity contribution is -0.137. The van der Waals surface area contributed by atoms with Crippen LogP contribution in [0, 0.1) is 0 Å². The highest BCUT2D eigenvalue weighted by atomic mass is 32.2. The van der Waals surface area contributed by atoms with Crippen LogP contribution in [0.1, 0.15) is 23.1 Å². The summed E-state index contributed by atoms with van der Waals surface area (Å²) in [6, 6.07) is 11.8. The van der Waals surface area contributed by atoms with E-state index < -0.39 is 21.8 Å². The molecule has 1 aliphatic rings. The van der Waals surface area contributed by atoms with Crippen LogP contribution >= 0.6 is 0 Å². The van der Waals surface area contributed by atoms with Crippen molar-refractivity contribution >= 4 is 10.0 Å². The van der Waals surface area contributed by atoms with E-state index in [-0.39, 0.29) is 11.4 Å². The standard InChI is InChI=1S/C19H21F3N2O2S/c20-19(21,22)17-6-8-18(9-7-17)27(25,26)23-11-3-12-24-13-10-15-4-1-2-5-16(15)14-24/h1-2,4-9,23H,3,10-14H2. The molecule has 0 bridgehead atoms. The van der Waals surface area contributed by atoms with Crippen molar-refractivity contribution < 1.29 is 21.6 Å². The van der Waals surface area contributed by atoms with Gasteiger partial charge in [0.05, 0.1) is 10.5 Å². The van der Waals surface area contributed by atoms with Gasteiger partial charge >= 0.3 is 6.18 Å². The molecule has 0 aliphatic carbocycles. The topological polar surface area (TPSA) is 49.4 Å². The van der Waals surface area contributed by atoms with E-state index in [1.54, 1.807) is 0 Å². The van der Waals surface area contributed by atoms with Crippen molar-refractivity contribution in [3.05, 3.63) is 65.2 Å². The predicted molar refractivity (Wildman–Crippen MR) is 96.7 cm³/mol. The molecule has 1 aliphatic heterocycles. The molecular weight excluding hydrogens is 377 g/mol. The van der Waals surface area contributed by atoms with Crippen LogP contribution in [-0.4, -0.2) is 33.0 Å². The number of alkyl halides is 3. The number of nitrogens with one attached hydrogen (secondary N) is 1. The van der Waals surface area contributed by atoms with Gasteiger partial charge in [-0.05, 0) is 54.8 Å². The maximum Gasteiger partial charge on any atom is 0.416 e. The summed E-state index contributed by atoms with van der Waals surface area (Å²) < 4.78 is 64.6. The number of benzene rings is 2. The number of hydrogen-bond acceptors (Lipinski definition) is 3. The Morgan fingerprint density at radius 3 is 2.33 bits per heavy atom. The number of rotatable bonds is 6. The summed E-state index contributed by atoms with van der Waals surface area (Å²) in [5.74, 6) is 0. The first-order valence-electron chi connectivity index (χ1n) is 8.72. The molecule has 1 N–H and O–H groups in total. The molecular formula is C19H21F3N2O2S. The van der Waals surface area contributed by atoms with Gasteiger partial charge in [0.1, 0.15) is 0 Å². The Labute approximate surface area is 157 Å². The van der Waals surface area contributed by atoms with E-state index in [0.29, 0.717) is 6.42 Å². The highest BCUT2D eigenvalue weighted by molar-refractivity contribution is 7.89. The van der Waals surface area contributed by atoms with Crippen LogP contribution < -0.4 is 4.72 Å². The fourth-order valence-electron chi connectivity index (χ4n) is 3.16. The highest BCUT2D eigenvalue weighted by Crippen LogP contribution is 2.29. The Kier molecular flexibility index (Phi) is 5.88. The normalized spacial score (nSPS) is 15.5. The molecule has 1 heterocycles. The second-order valence-electron chi connectivity index (χ2n) is 6.57. The summed E-state index contributed by atoms with van der Waals surface area (Å²) >= 11 is 0. The minimum Gasteiger partial charge on any atom is -0.299 e. The molecule has 0 saturated carbocycles. The zero-order valence-corrected chi connectivity index (χ0v) is 15.5. The van der Waals surface area contributed by atoms with Gasteiger partial charge in [0.15, 0.2) is 0 Å². The Morgan fingerprint density at radius 1 is 1.00 bits per heavy atom. The Bertz CT molecular complexity index is 881. The van der Waals surface area contributed by atoms with E-state index in [0.717, 1.165) is 50.3 Å². The van der Waals surface area contributed by atoms with Crippen molar-refractivity contribution in [3.63, 3.8) is 0 Å². The average molecular weight is 398 g/mol. The van der Waals surface area contributed by atoms with Gasteiger partial charge in [-0.2, -0.15) is 13.2 Å². The highest BCUT2D eigenvalue weighted by Gasteiger charge is 2.30. The van der Waals surface area contributed by atoms with Crippen molar-refractivity contribution in [1.29, 1.82) is 0 Å². The van der Waals surface area contributed by atoms with Crippen LogP contribution in [0.5, 0.6) is 0 Å². The maximum atomic E-state index is 12.6. The summed E-state index contributed by atoms with van der Waals surface area (Å²) in [5.41, 5.74) is 1.79. The SMILES string of the molecule is O=S(=O)(NCCCN1CCc2ccccc2C1)c1ccc(C(F)(F)F)cc1. The molecule has 0 spiro atoms. The molecule has 8 heteroatoms. The molecule has 146 valence electrons. The van der Waals surface area contributed by atoms with Gasteiger partial charge in [-0.3, -0.25) is 4.90 Å². The van der Waals surface area contributed by atoms with Gasteiger partial charge in [-0.15, -0.1) is 0 Å². The van der Waals surface area contributed by atoms with E-state index in [2.05, 4.69) is 21.8 Å². The van der Waals surface area contributed by atoms with Crippen LogP contribution in [0.4, 0.5) is 13.2 Å². The van der Waals surface area contributed by atoms with Gasteiger partial charge in [0, 0.05) is 19.6 Å². The van der Waals surface area contributed by atoms with E-state index in [1.807, 2.05) is 12.1 Å². The molecule has 2 aromatic rings. The third kappa shape index (κ3) is 5.09. The number of nitrogens with zero attached hydrogens (tertiary/aromatic N) is 1. The second-order valence-corrected chi connectivity index (χ2v) is 8.34. The molecule has 0 aromatic heterocycles. The van der Waals surface area contributed by atoms with Crippen molar-refractivity contribution in [2.75, 3.05) is 19.6 Å². The molecule has 0 saturated heterocycles. The van der Waals surface area contributed by atoms with E-state index >= 15 is 0 Å². The van der Waals surface area contributed by atoms with Gasteiger partial charge in [-0.25, -0.2) is 13.1 Å². The lowest BCUT2D eigenvalue weighted by Gasteiger charge is -2.28. The minimum atomic E-state index is -4.48. The Balaban J connectivity index is 1.48. The quantitative estimate of drug-likeness (QED) is 0.759. The van der Waals surface area contributed by atoms with E-state index in [9.17, 15) is 21.6 Å². The van der Waals surface area contributed by atoms with Gasteiger partial charge in [-0.1, -0.05) is 24.3 Å². The first-order valence-corrected chi connectivity index (χ1v) is 10.2. The number of hydrogen-bond donors (Lipinski definition) is 1. The molecule has 0 radical (unpaired) electrons. The van der Waals surface area contributed by atoms with Crippen molar-refractivity contribution in [3.8, 4) is 0 Å². The van der Waals surface area contributed by atoms with Crippen LogP contribution in [0.25, 0.3) is 0 Å². The second kappa shape index (κ2) is 8.00. The lowest BCUT2D eigenvalue weighted by atomic mass is 10.00. The smallest absolute Gasteiger partial charge is 0.299 e. The predicted octanol–water partition coefficient (Wildman–Crippen LogP) is 3.43. The zero-order valence-electron chi connectivity index (χ0n) is 14.7. The molecule has 0 fully saturated rings. The molecule has 2 aromatic carbocycles. The van der Waals surface area contributed by atoms with Crippen LogP contribution in [0.15, 0.2) is 53.4 Å². The average Bonchev–Trinajstić information content (AvgIpc) is 2.64. The van der Waals surface area contributed by atoms with Gasteiger partial charge in [0.25, 0.3) is 0 Å². The van der Waals surface area contributed by atoms with E-state index in [4.69, 9.17) is 0 Å². The van der Waals surface area contributed by atoms with E-state index in [1.165, 1.54) is 11.1 Å². The third-order valence-electron chi connectivity index (χ3n) is 4.64. The summed E-state index contributed by atoms with van der Waals surface area (Å²) in [6.45, 7) is 2.77. The van der Waals surface area contributed by atoms with Crippen LogP contribution in [-0.2, 0) is 29.2 Å². The molecule has 3 rings (SSSR count). The number of sulfonamides is 1. The summed E-state index contributed by atoms with van der Waals surface area (Å²) in [5, 5.41) is 0. The largest absolute Gasteiger partial charge is 0.416 e. The Morgan fingerprint density at radius 2 is 1.67 bits per heavy atom. The maximum absolute atomic E-state index is 12.6. The monoisotopic (exact) mass is 398 g/mol. The molecule has 0 unspecified atom stereocenters. The summed E-state index contributed by atoms with van der Waals surface area (Å²) in [4.78, 5) is 2.11. The Hall–Kier alpha value is -1.90. The van der Waals surface area contributed by atoms with Gasteiger partial charge in [0.2, 0.25) is 10.0 Å². The molecule has 0 atom stereocenters. The van der Waals surface area contributed by atoms with Crippen LogP contribution in [0.2, 0.25) is 0 Å². The van der Waals surface area contributed by atoms with Crippen molar-refractivity contribution in [2.45, 2.75) is 30.5 Å². The summed E-state index contributed by atoms with van der Waals surface area (Å²) in [7, 11) is -3.81. The molecule has 4 nitrogen and oxygen atoms in total. The molecule has 27 heavy (non-hydrogen) atoms. The lowest BCUT2D eigenvalue weighted by Crippen LogP contribution is -2.33. The minimum absolute atomic E-state index is 0.164. The number of fused-ring (bicyclic) bond motifs is 1. The van der Waals surface area contributed by atoms with Crippen molar-refractivity contribution in [1.82, 2.24) is 9.62 Å². The molecule has 0 amide bonds. The summed E-state index contributed by atoms with van der Waals surface area (Å²) in [6.07, 6.45) is -2.88. The van der Waals surface area contributed by atoms with Crippen LogP contribution in [0.3, 0.4) is 0 Å².